The Labute approximate surface area is 40.1 Å². The Balaban J connectivity index is 2.08. The molecule has 0 unspecified atom stereocenters. The van der Waals surface area contributed by atoms with Gasteiger partial charge in [-0.25, -0.2) is 0 Å². The smallest absolute Gasteiger partial charge is 0.0695 e. The minimum Gasteiger partial charge on any atom is -0.0881 e. The van der Waals surface area contributed by atoms with E-state index in [2.05, 4.69) is 12.2 Å². The van der Waals surface area contributed by atoms with Crippen LogP contribution in [0.2, 0.25) is 0 Å². The summed E-state index contributed by atoms with van der Waals surface area (Å²) >= 11 is 0. The summed E-state index contributed by atoms with van der Waals surface area (Å²) in [5.74, 6) is 4.68. The van der Waals surface area contributed by atoms with Gasteiger partial charge in [0.1, 0.15) is 0 Å². The lowest BCUT2D eigenvalue weighted by Crippen LogP contribution is -1.50. The van der Waals surface area contributed by atoms with Crippen molar-refractivity contribution in [2.45, 2.75) is 0 Å². The van der Waals surface area contributed by atoms with Crippen molar-refractivity contribution >= 4 is 21.6 Å². The van der Waals surface area contributed by atoms with Crippen LogP contribution in [-0.2, 0) is 0 Å². The summed E-state index contributed by atoms with van der Waals surface area (Å²) in [7, 11) is 3.22. The number of rotatable bonds is 0. The Morgan fingerprint density at radius 2 is 2.60 bits per heavy atom. The second kappa shape index (κ2) is 1.98. The summed E-state index contributed by atoms with van der Waals surface area (Å²) in [4.78, 5) is 0. The molecule has 5 heavy (non-hydrogen) atoms. The summed E-state index contributed by atoms with van der Waals surface area (Å²) in [6, 6.07) is 0. The second-order valence-corrected chi connectivity index (χ2v) is 2.42. The quantitative estimate of drug-likeness (QED) is 0.426. The summed E-state index contributed by atoms with van der Waals surface area (Å²) < 4.78 is 0. The Morgan fingerprint density at radius 3 is 2.80 bits per heavy atom. The van der Waals surface area contributed by atoms with E-state index in [0.29, 0.717) is 0 Å². The monoisotopic (exact) mass is 101 g/mol. The molecule has 1 fully saturated rings. The zero-order valence-electron chi connectivity index (χ0n) is 2.39. The second-order valence-electron chi connectivity index (χ2n) is 0.544. The highest BCUT2D eigenvalue weighted by Gasteiger charge is 2.00. The van der Waals surface area contributed by atoms with Crippen LogP contribution in [0, 0.1) is 17.9 Å². The van der Waals surface area contributed by atoms with Gasteiger partial charge in [0.05, 0.1) is 5.75 Å². The van der Waals surface area contributed by atoms with Crippen LogP contribution < -0.4 is 0 Å². The van der Waals surface area contributed by atoms with Gasteiger partial charge in [0.25, 0.3) is 0 Å². The van der Waals surface area contributed by atoms with Crippen molar-refractivity contribution in [3.8, 4) is 0 Å². The summed E-state index contributed by atoms with van der Waals surface area (Å²) in [5, 5.41) is 0. The maximum atomic E-state index is 2.80. The standard InChI is InChI=1S/C3HS2/c1-2-4-5-3-1/h2H. The molecule has 1 aliphatic heterocycles. The first-order chi connectivity index (χ1) is 2.50. The van der Waals surface area contributed by atoms with E-state index in [1.54, 1.807) is 21.6 Å². The molecule has 0 bridgehead atoms. The predicted octanol–water partition coefficient (Wildman–Crippen LogP) is 1.66. The molecular weight excluding hydrogens is 100 g/mol. The van der Waals surface area contributed by atoms with Crippen molar-refractivity contribution < 1.29 is 0 Å². The molecule has 0 N–H and O–H groups in total. The highest BCUT2D eigenvalue weighted by atomic mass is 33.1. The topological polar surface area (TPSA) is 0 Å². The summed E-state index contributed by atoms with van der Waals surface area (Å²) in [6.45, 7) is 0. The van der Waals surface area contributed by atoms with Gasteiger partial charge in [-0.2, -0.15) is 0 Å². The molecule has 0 aromatic carbocycles. The average molecular weight is 101 g/mol. The van der Waals surface area contributed by atoms with Gasteiger partial charge < -0.3 is 0 Å². The first-order valence-corrected chi connectivity index (χ1v) is 3.36. The zero-order chi connectivity index (χ0) is 3.54. The first-order valence-electron chi connectivity index (χ1n) is 1.15. The van der Waals surface area contributed by atoms with Gasteiger partial charge in [-0.05, 0) is 0 Å². The van der Waals surface area contributed by atoms with E-state index < -0.39 is 0 Å². The molecule has 1 heterocycles. The molecule has 1 aliphatic rings. The molecule has 0 saturated carbocycles. The largest absolute Gasteiger partial charge is 0.0881 e. The average Bonchev–Trinajstić information content (AvgIpc) is 1.76. The highest BCUT2D eigenvalue weighted by Crippen LogP contribution is 2.36. The molecule has 0 amide bonds. The fourth-order valence-corrected chi connectivity index (χ4v) is 1.08. The van der Waals surface area contributed by atoms with E-state index in [0.717, 1.165) is 0 Å². The lowest BCUT2D eigenvalue weighted by atomic mass is 10.6. The van der Waals surface area contributed by atoms with Crippen LogP contribution in [0.4, 0.5) is 0 Å². The summed E-state index contributed by atoms with van der Waals surface area (Å²) in [5.41, 5.74) is 0. The summed E-state index contributed by atoms with van der Waals surface area (Å²) in [6.07, 6.45) is 2.77. The minimum atomic E-state index is 1.57. The van der Waals surface area contributed by atoms with Crippen LogP contribution in [0.3, 0.4) is 0 Å². The molecule has 0 aromatic rings. The number of hydrogen-bond donors (Lipinski definition) is 0. The van der Waals surface area contributed by atoms with E-state index in [1.165, 1.54) is 0 Å². The van der Waals surface area contributed by atoms with Crippen molar-refractivity contribution in [3.63, 3.8) is 0 Å². The van der Waals surface area contributed by atoms with Gasteiger partial charge in [-0.15, -0.1) is 0 Å². The third-order valence-electron chi connectivity index (χ3n) is 0.256. The van der Waals surface area contributed by atoms with Crippen molar-refractivity contribution in [2.24, 2.45) is 0 Å². The van der Waals surface area contributed by atoms with Crippen molar-refractivity contribution in [1.29, 1.82) is 0 Å². The molecule has 1 saturated heterocycles. The van der Waals surface area contributed by atoms with Gasteiger partial charge in [0.2, 0.25) is 0 Å². The van der Waals surface area contributed by atoms with Crippen LogP contribution in [0.25, 0.3) is 0 Å². The number of hydrogen-bond acceptors (Lipinski definition) is 2. The van der Waals surface area contributed by atoms with Crippen LogP contribution in [0.5, 0.6) is 0 Å². The molecule has 1 rings (SSSR count). The van der Waals surface area contributed by atoms with Gasteiger partial charge >= 0.3 is 0 Å². The lowest BCUT2D eigenvalue weighted by molar-refractivity contribution is 1.75. The Bertz CT molecular complexity index is 16.5. The Kier molecular flexibility index (Phi) is 1.53. The molecule has 25 valence electrons. The first kappa shape index (κ1) is 3.88. The van der Waals surface area contributed by atoms with Gasteiger partial charge in [0.15, 0.2) is 0 Å². The van der Waals surface area contributed by atoms with E-state index in [9.17, 15) is 0 Å². The highest BCUT2D eigenvalue weighted by molar-refractivity contribution is 8.78. The van der Waals surface area contributed by atoms with Gasteiger partial charge in [0, 0.05) is 12.2 Å². The van der Waals surface area contributed by atoms with E-state index in [4.69, 9.17) is 0 Å². The lowest BCUT2D eigenvalue weighted by Gasteiger charge is -1.67. The molecule has 0 atom stereocenters. The van der Waals surface area contributed by atoms with E-state index >= 15 is 0 Å². The van der Waals surface area contributed by atoms with Crippen LogP contribution in [-0.4, -0.2) is 0 Å². The van der Waals surface area contributed by atoms with Gasteiger partial charge in [-0.1, -0.05) is 21.6 Å². The van der Waals surface area contributed by atoms with Crippen LogP contribution in [0.1, 0.15) is 0 Å². The zero-order valence-corrected chi connectivity index (χ0v) is 4.03. The normalized spacial score (nSPS) is 24.0. The fourth-order valence-electron chi connectivity index (χ4n) is 0.120. The van der Waals surface area contributed by atoms with Crippen molar-refractivity contribution in [2.75, 3.05) is 0 Å². The maximum Gasteiger partial charge on any atom is 0.0695 e. The SMILES string of the molecule is [C]1[C]SS[CH]1. The Morgan fingerprint density at radius 1 is 1.60 bits per heavy atom. The third kappa shape index (κ3) is 1.05. The molecule has 5 radical (unpaired) electrons. The predicted molar refractivity (Wildman–Crippen MR) is 26.0 cm³/mol. The van der Waals surface area contributed by atoms with Crippen LogP contribution in [0.15, 0.2) is 0 Å². The van der Waals surface area contributed by atoms with Crippen molar-refractivity contribution in [1.82, 2.24) is 0 Å². The molecule has 0 nitrogen and oxygen atoms in total. The van der Waals surface area contributed by atoms with E-state index in [-0.39, 0.29) is 0 Å². The molecule has 0 aliphatic carbocycles. The molecule has 0 spiro atoms. The molecule has 0 aromatic heterocycles. The van der Waals surface area contributed by atoms with E-state index in [1.807, 2.05) is 5.75 Å². The van der Waals surface area contributed by atoms with Gasteiger partial charge in [-0.3, -0.25) is 0 Å². The van der Waals surface area contributed by atoms with Crippen LogP contribution >= 0.6 is 21.6 Å². The Hall–Kier alpha value is 0.700. The fraction of sp³-hybridized carbons (Fsp3) is 0. The maximum absolute atomic E-state index is 2.80. The molecular formula is C3HS2. The van der Waals surface area contributed by atoms with Crippen molar-refractivity contribution in [3.05, 3.63) is 17.9 Å². The molecule has 2 heteroatoms. The minimum absolute atomic E-state index is 1.57. The third-order valence-corrected chi connectivity index (χ3v) is 1.59.